The van der Waals surface area contributed by atoms with Crippen LogP contribution < -0.4 is 5.73 Å². The van der Waals surface area contributed by atoms with E-state index in [9.17, 15) is 9.59 Å². The van der Waals surface area contributed by atoms with Crippen LogP contribution >= 0.6 is 0 Å². The molecule has 3 nitrogen and oxygen atoms in total. The van der Waals surface area contributed by atoms with Crippen molar-refractivity contribution in [1.29, 1.82) is 0 Å². The van der Waals surface area contributed by atoms with Gasteiger partial charge in [-0.2, -0.15) is 0 Å². The molecule has 3 heteroatoms. The van der Waals surface area contributed by atoms with Crippen LogP contribution in [0.5, 0.6) is 0 Å². The fourth-order valence-corrected chi connectivity index (χ4v) is 0.585. The molecular formula is C8H11NO2. The molecule has 0 aromatic carbocycles. The molecule has 60 valence electrons. The fourth-order valence-electron chi connectivity index (χ4n) is 0.585. The lowest BCUT2D eigenvalue weighted by Crippen LogP contribution is -2.04. The summed E-state index contributed by atoms with van der Waals surface area (Å²) in [5.74, 6) is -0.159. The summed E-state index contributed by atoms with van der Waals surface area (Å²) in [7, 11) is 0. The average Bonchev–Trinajstić information content (AvgIpc) is 2.05. The maximum absolute atomic E-state index is 10.9. The molecule has 0 unspecified atom stereocenters. The number of hydrogen-bond donors (Lipinski definition) is 1. The molecule has 0 saturated heterocycles. The van der Waals surface area contributed by atoms with Crippen molar-refractivity contribution >= 4 is 12.1 Å². The van der Waals surface area contributed by atoms with Gasteiger partial charge in [0, 0.05) is 23.8 Å². The number of allylic oxidation sites excluding steroid dienone is 2. The first-order valence-corrected chi connectivity index (χ1v) is 3.26. The number of hydrogen-bond acceptors (Lipinski definition) is 3. The van der Waals surface area contributed by atoms with Gasteiger partial charge in [-0.05, 0) is 0 Å². The van der Waals surface area contributed by atoms with E-state index in [0.29, 0.717) is 12.7 Å². The van der Waals surface area contributed by atoms with Gasteiger partial charge in [-0.3, -0.25) is 9.59 Å². The van der Waals surface area contributed by atoms with Gasteiger partial charge in [0.15, 0.2) is 12.1 Å². The van der Waals surface area contributed by atoms with E-state index in [0.717, 1.165) is 6.20 Å². The summed E-state index contributed by atoms with van der Waals surface area (Å²) >= 11 is 0. The molecule has 0 amide bonds. The Bertz CT molecular complexity index is 216. The third kappa shape index (κ3) is 2.37. The zero-order valence-electron chi connectivity index (χ0n) is 6.46. The molecule has 0 atom stereocenters. The smallest absolute Gasteiger partial charge is 0.162 e. The molecule has 0 heterocycles. The van der Waals surface area contributed by atoms with Gasteiger partial charge in [-0.1, -0.05) is 13.5 Å². The molecule has 0 aromatic heterocycles. The Balaban J connectivity index is 4.47. The molecular weight excluding hydrogens is 142 g/mol. The molecule has 0 radical (unpaired) electrons. The van der Waals surface area contributed by atoms with Crippen molar-refractivity contribution in [3.05, 3.63) is 23.9 Å². The van der Waals surface area contributed by atoms with Gasteiger partial charge in [0.1, 0.15) is 0 Å². The van der Waals surface area contributed by atoms with Gasteiger partial charge >= 0.3 is 0 Å². The van der Waals surface area contributed by atoms with Crippen molar-refractivity contribution in [1.82, 2.24) is 0 Å². The summed E-state index contributed by atoms with van der Waals surface area (Å²) in [6.45, 7) is 5.14. The maximum atomic E-state index is 10.9. The van der Waals surface area contributed by atoms with E-state index in [2.05, 4.69) is 6.58 Å². The molecule has 2 N–H and O–H groups in total. The standard InChI is InChI=1S/C8H11NO2/c1-3-8(11)6(2)7(4-9)5-10/h4-5H,2-3,9H2,1H3/b7-4-. The predicted molar refractivity (Wildman–Crippen MR) is 42.8 cm³/mol. The number of ketones is 1. The van der Waals surface area contributed by atoms with Gasteiger partial charge in [-0.15, -0.1) is 0 Å². The monoisotopic (exact) mass is 153 g/mol. The zero-order chi connectivity index (χ0) is 8.85. The highest BCUT2D eigenvalue weighted by atomic mass is 16.1. The quantitative estimate of drug-likeness (QED) is 0.365. The van der Waals surface area contributed by atoms with E-state index in [1.165, 1.54) is 0 Å². The minimum Gasteiger partial charge on any atom is -0.404 e. The first kappa shape index (κ1) is 9.62. The topological polar surface area (TPSA) is 60.2 Å². The molecule has 0 aliphatic rings. The van der Waals surface area contributed by atoms with Gasteiger partial charge in [0.05, 0.1) is 0 Å². The normalized spacial score (nSPS) is 10.8. The molecule has 0 aromatic rings. The summed E-state index contributed by atoms with van der Waals surface area (Å²) in [5.41, 5.74) is 5.42. The minimum atomic E-state index is -0.159. The predicted octanol–water partition coefficient (Wildman–Crippen LogP) is 0.563. The number of aldehydes is 1. The molecule has 11 heavy (non-hydrogen) atoms. The van der Waals surface area contributed by atoms with Crippen LogP contribution in [0, 0.1) is 0 Å². The highest BCUT2D eigenvalue weighted by molar-refractivity contribution is 6.05. The van der Waals surface area contributed by atoms with Crippen molar-refractivity contribution in [2.45, 2.75) is 13.3 Å². The van der Waals surface area contributed by atoms with Crippen molar-refractivity contribution < 1.29 is 9.59 Å². The van der Waals surface area contributed by atoms with Crippen LogP contribution in [0.15, 0.2) is 23.9 Å². The van der Waals surface area contributed by atoms with Gasteiger partial charge in [-0.25, -0.2) is 0 Å². The highest BCUT2D eigenvalue weighted by Crippen LogP contribution is 2.06. The Kier molecular flexibility index (Phi) is 3.88. The summed E-state index contributed by atoms with van der Waals surface area (Å²) in [5, 5.41) is 0. The lowest BCUT2D eigenvalue weighted by Gasteiger charge is -1.99. The number of nitrogens with two attached hydrogens (primary N) is 1. The average molecular weight is 153 g/mol. The summed E-state index contributed by atoms with van der Waals surface area (Å²) < 4.78 is 0. The first-order valence-electron chi connectivity index (χ1n) is 3.26. The Labute approximate surface area is 65.6 Å². The van der Waals surface area contributed by atoms with Crippen molar-refractivity contribution in [3.63, 3.8) is 0 Å². The number of carbonyl (C=O) groups is 2. The van der Waals surface area contributed by atoms with E-state index < -0.39 is 0 Å². The fraction of sp³-hybridized carbons (Fsp3) is 0.250. The van der Waals surface area contributed by atoms with Crippen LogP contribution in [0.2, 0.25) is 0 Å². The molecule has 0 aliphatic carbocycles. The Hall–Kier alpha value is -1.38. The third-order valence-electron chi connectivity index (χ3n) is 1.31. The second-order valence-corrected chi connectivity index (χ2v) is 2.00. The summed E-state index contributed by atoms with van der Waals surface area (Å²) in [6.07, 6.45) is 1.95. The van der Waals surface area contributed by atoms with Crippen LogP contribution in [0.1, 0.15) is 13.3 Å². The van der Waals surface area contributed by atoms with E-state index in [1.807, 2.05) is 0 Å². The van der Waals surface area contributed by atoms with Crippen LogP contribution in [0.25, 0.3) is 0 Å². The van der Waals surface area contributed by atoms with Crippen LogP contribution in [-0.4, -0.2) is 12.1 Å². The zero-order valence-corrected chi connectivity index (χ0v) is 6.46. The Morgan fingerprint density at radius 3 is 2.45 bits per heavy atom. The van der Waals surface area contributed by atoms with E-state index in [-0.39, 0.29) is 16.9 Å². The van der Waals surface area contributed by atoms with E-state index in [4.69, 9.17) is 5.73 Å². The minimum absolute atomic E-state index is 0.159. The Morgan fingerprint density at radius 2 is 2.18 bits per heavy atom. The molecule has 0 fully saturated rings. The van der Waals surface area contributed by atoms with E-state index in [1.54, 1.807) is 6.92 Å². The summed E-state index contributed by atoms with van der Waals surface area (Å²) in [6, 6.07) is 0. The number of Topliss-reactive ketones (excluding diaryl/α,β-unsaturated/α-hetero) is 1. The highest BCUT2D eigenvalue weighted by Gasteiger charge is 2.07. The number of rotatable bonds is 4. The van der Waals surface area contributed by atoms with E-state index >= 15 is 0 Å². The van der Waals surface area contributed by atoms with Gasteiger partial charge in [0.25, 0.3) is 0 Å². The van der Waals surface area contributed by atoms with Crippen LogP contribution in [0.4, 0.5) is 0 Å². The number of carbonyl (C=O) groups excluding carboxylic acids is 2. The SMILES string of the molecule is C=C(C(=O)CC)/C(C=O)=C\N. The molecule has 0 aliphatic heterocycles. The molecule has 0 spiro atoms. The van der Waals surface area contributed by atoms with Crippen molar-refractivity contribution in [3.8, 4) is 0 Å². The van der Waals surface area contributed by atoms with Crippen LogP contribution in [-0.2, 0) is 9.59 Å². The third-order valence-corrected chi connectivity index (χ3v) is 1.31. The maximum Gasteiger partial charge on any atom is 0.162 e. The van der Waals surface area contributed by atoms with Gasteiger partial charge in [0.2, 0.25) is 0 Å². The Morgan fingerprint density at radius 1 is 1.64 bits per heavy atom. The summed E-state index contributed by atoms with van der Waals surface area (Å²) in [4.78, 5) is 21.2. The van der Waals surface area contributed by atoms with Crippen LogP contribution in [0.3, 0.4) is 0 Å². The van der Waals surface area contributed by atoms with Gasteiger partial charge < -0.3 is 5.73 Å². The lowest BCUT2D eigenvalue weighted by molar-refractivity contribution is -0.115. The second kappa shape index (κ2) is 4.44. The largest absolute Gasteiger partial charge is 0.404 e. The second-order valence-electron chi connectivity index (χ2n) is 2.00. The first-order chi connectivity index (χ1) is 5.17. The lowest BCUT2D eigenvalue weighted by atomic mass is 10.0. The van der Waals surface area contributed by atoms with Crippen molar-refractivity contribution in [2.24, 2.45) is 5.73 Å². The van der Waals surface area contributed by atoms with Crippen molar-refractivity contribution in [2.75, 3.05) is 0 Å². The molecule has 0 saturated carbocycles. The molecule has 0 bridgehead atoms. The molecule has 0 rings (SSSR count).